The predicted molar refractivity (Wildman–Crippen MR) is 70.7 cm³/mol. The zero-order valence-corrected chi connectivity index (χ0v) is 10.7. The molecule has 0 spiro atoms. The molecule has 0 heterocycles. The molecule has 5 heteroatoms. The molecule has 5 nitrogen and oxygen atoms in total. The summed E-state index contributed by atoms with van der Waals surface area (Å²) in [5.74, 6) is -0.749. The summed E-state index contributed by atoms with van der Waals surface area (Å²) < 4.78 is 0. The van der Waals surface area contributed by atoms with E-state index in [4.69, 9.17) is 5.73 Å². The minimum atomic E-state index is -0.519. The van der Waals surface area contributed by atoms with Gasteiger partial charge in [0.1, 0.15) is 0 Å². The van der Waals surface area contributed by atoms with E-state index < -0.39 is 11.4 Å². The van der Waals surface area contributed by atoms with Crippen LogP contribution in [0.15, 0.2) is 24.3 Å². The van der Waals surface area contributed by atoms with E-state index in [1.54, 1.807) is 12.1 Å². The van der Waals surface area contributed by atoms with Gasteiger partial charge in [0, 0.05) is 11.1 Å². The third-order valence-electron chi connectivity index (χ3n) is 3.67. The number of nitrogens with one attached hydrogen (secondary N) is 1. The van der Waals surface area contributed by atoms with Gasteiger partial charge in [-0.25, -0.2) is 0 Å². The molecule has 1 saturated carbocycles. The third kappa shape index (κ3) is 2.93. The van der Waals surface area contributed by atoms with E-state index in [2.05, 4.69) is 5.32 Å². The van der Waals surface area contributed by atoms with E-state index in [0.717, 1.165) is 25.7 Å². The van der Waals surface area contributed by atoms with Crippen molar-refractivity contribution in [2.24, 2.45) is 5.73 Å². The summed E-state index contributed by atoms with van der Waals surface area (Å²) in [5, 5.41) is 12.4. The van der Waals surface area contributed by atoms with Gasteiger partial charge in [-0.05, 0) is 37.1 Å². The lowest BCUT2D eigenvalue weighted by Crippen LogP contribution is -2.49. The molecule has 0 aromatic heterocycles. The van der Waals surface area contributed by atoms with Gasteiger partial charge in [0.2, 0.25) is 5.91 Å². The Morgan fingerprint density at radius 3 is 2.16 bits per heavy atom. The van der Waals surface area contributed by atoms with Crippen LogP contribution in [-0.2, 0) is 0 Å². The molecule has 1 aromatic carbocycles. The van der Waals surface area contributed by atoms with Crippen molar-refractivity contribution in [3.8, 4) is 0 Å². The molecule has 1 aromatic rings. The predicted octanol–water partition coefficient (Wildman–Crippen LogP) is 0.820. The number of hydrogen-bond donors (Lipinski definition) is 3. The van der Waals surface area contributed by atoms with Gasteiger partial charge in [0.25, 0.3) is 5.91 Å². The van der Waals surface area contributed by atoms with Crippen LogP contribution in [-0.4, -0.2) is 29.1 Å². The zero-order valence-electron chi connectivity index (χ0n) is 10.7. The van der Waals surface area contributed by atoms with Gasteiger partial charge in [0.15, 0.2) is 0 Å². The first-order chi connectivity index (χ1) is 9.06. The summed E-state index contributed by atoms with van der Waals surface area (Å²) in [7, 11) is 0. The van der Waals surface area contributed by atoms with Crippen molar-refractivity contribution in [1.82, 2.24) is 5.32 Å². The monoisotopic (exact) mass is 262 g/mol. The number of nitrogens with two attached hydrogens (primary N) is 1. The van der Waals surface area contributed by atoms with E-state index >= 15 is 0 Å². The van der Waals surface area contributed by atoms with E-state index in [0.29, 0.717) is 11.1 Å². The van der Waals surface area contributed by atoms with Crippen molar-refractivity contribution in [2.75, 3.05) is 6.61 Å². The van der Waals surface area contributed by atoms with Crippen LogP contribution in [0.3, 0.4) is 0 Å². The first-order valence-corrected chi connectivity index (χ1v) is 6.40. The third-order valence-corrected chi connectivity index (χ3v) is 3.67. The van der Waals surface area contributed by atoms with Crippen LogP contribution in [0.25, 0.3) is 0 Å². The van der Waals surface area contributed by atoms with Gasteiger partial charge in [-0.2, -0.15) is 0 Å². The molecule has 1 aliphatic carbocycles. The lowest BCUT2D eigenvalue weighted by Gasteiger charge is -2.28. The quantitative estimate of drug-likeness (QED) is 0.750. The number of carbonyl (C=O) groups is 2. The molecular formula is C14H18N2O3. The smallest absolute Gasteiger partial charge is 0.251 e. The molecule has 0 atom stereocenters. The van der Waals surface area contributed by atoms with Gasteiger partial charge in [-0.15, -0.1) is 0 Å². The SMILES string of the molecule is NC(=O)c1ccc(C(=O)NC2(CO)CCCC2)cc1. The van der Waals surface area contributed by atoms with Crippen LogP contribution in [0, 0.1) is 0 Å². The first kappa shape index (κ1) is 13.5. The lowest BCUT2D eigenvalue weighted by atomic mass is 9.98. The van der Waals surface area contributed by atoms with E-state index in [1.807, 2.05) is 0 Å². The summed E-state index contributed by atoms with van der Waals surface area (Å²) in [5.41, 5.74) is 5.49. The Morgan fingerprint density at radius 2 is 1.68 bits per heavy atom. The number of hydrogen-bond acceptors (Lipinski definition) is 3. The topological polar surface area (TPSA) is 92.4 Å². The highest BCUT2D eigenvalue weighted by molar-refractivity contribution is 5.97. The lowest BCUT2D eigenvalue weighted by molar-refractivity contribution is 0.0837. The minimum Gasteiger partial charge on any atom is -0.394 e. The highest BCUT2D eigenvalue weighted by Crippen LogP contribution is 2.29. The summed E-state index contributed by atoms with van der Waals surface area (Å²) >= 11 is 0. The van der Waals surface area contributed by atoms with Gasteiger partial charge < -0.3 is 16.2 Å². The summed E-state index contributed by atoms with van der Waals surface area (Å²) in [6.07, 6.45) is 3.63. The van der Waals surface area contributed by atoms with Gasteiger partial charge >= 0.3 is 0 Å². The maximum absolute atomic E-state index is 12.1. The van der Waals surface area contributed by atoms with Crippen molar-refractivity contribution in [3.05, 3.63) is 35.4 Å². The van der Waals surface area contributed by atoms with Crippen LogP contribution < -0.4 is 11.1 Å². The Labute approximate surface area is 111 Å². The van der Waals surface area contributed by atoms with Crippen LogP contribution in [0.2, 0.25) is 0 Å². The fourth-order valence-corrected chi connectivity index (χ4v) is 2.47. The van der Waals surface area contributed by atoms with Crippen molar-refractivity contribution in [2.45, 2.75) is 31.2 Å². The number of carbonyl (C=O) groups excluding carboxylic acids is 2. The van der Waals surface area contributed by atoms with Crippen LogP contribution >= 0.6 is 0 Å². The second kappa shape index (κ2) is 5.40. The fourth-order valence-electron chi connectivity index (χ4n) is 2.47. The molecule has 0 unspecified atom stereocenters. The molecule has 102 valence electrons. The highest BCUT2D eigenvalue weighted by atomic mass is 16.3. The fraction of sp³-hybridized carbons (Fsp3) is 0.429. The number of primary amides is 1. The molecule has 0 aliphatic heterocycles. The molecule has 4 N–H and O–H groups in total. The number of benzene rings is 1. The van der Waals surface area contributed by atoms with Crippen molar-refractivity contribution < 1.29 is 14.7 Å². The zero-order chi connectivity index (χ0) is 13.9. The molecule has 1 fully saturated rings. The Kier molecular flexibility index (Phi) is 3.85. The second-order valence-electron chi connectivity index (χ2n) is 5.04. The number of aliphatic hydroxyl groups is 1. The molecule has 19 heavy (non-hydrogen) atoms. The Bertz CT molecular complexity index is 476. The molecule has 2 amide bonds. The first-order valence-electron chi connectivity index (χ1n) is 6.40. The average Bonchev–Trinajstić information content (AvgIpc) is 2.88. The standard InChI is InChI=1S/C14H18N2O3/c15-12(18)10-3-5-11(6-4-10)13(19)16-14(9-17)7-1-2-8-14/h3-6,17H,1-2,7-9H2,(H2,15,18)(H,16,19). The summed E-state index contributed by atoms with van der Waals surface area (Å²) in [6.45, 7) is -0.0435. The summed E-state index contributed by atoms with van der Waals surface area (Å²) in [6, 6.07) is 6.18. The van der Waals surface area contributed by atoms with Crippen molar-refractivity contribution in [3.63, 3.8) is 0 Å². The highest BCUT2D eigenvalue weighted by Gasteiger charge is 2.34. The molecular weight excluding hydrogens is 244 g/mol. The largest absolute Gasteiger partial charge is 0.394 e. The normalized spacial score (nSPS) is 17.1. The molecule has 0 saturated heterocycles. The van der Waals surface area contributed by atoms with Gasteiger partial charge in [0.05, 0.1) is 12.1 Å². The Hall–Kier alpha value is -1.88. The maximum Gasteiger partial charge on any atom is 0.251 e. The average molecular weight is 262 g/mol. The van der Waals surface area contributed by atoms with E-state index in [9.17, 15) is 14.7 Å². The minimum absolute atomic E-state index is 0.0435. The molecule has 0 radical (unpaired) electrons. The number of aliphatic hydroxyl groups excluding tert-OH is 1. The molecule has 2 rings (SSSR count). The van der Waals surface area contributed by atoms with Gasteiger partial charge in [-0.1, -0.05) is 12.8 Å². The number of rotatable bonds is 4. The van der Waals surface area contributed by atoms with Crippen LogP contribution in [0.5, 0.6) is 0 Å². The maximum atomic E-state index is 12.1. The van der Waals surface area contributed by atoms with E-state index in [1.165, 1.54) is 12.1 Å². The van der Waals surface area contributed by atoms with Crippen LogP contribution in [0.1, 0.15) is 46.4 Å². The van der Waals surface area contributed by atoms with Crippen molar-refractivity contribution >= 4 is 11.8 Å². The summed E-state index contributed by atoms with van der Waals surface area (Å²) in [4.78, 5) is 23.1. The Balaban J connectivity index is 2.09. The van der Waals surface area contributed by atoms with E-state index in [-0.39, 0.29) is 12.5 Å². The second-order valence-corrected chi connectivity index (χ2v) is 5.04. The number of amides is 2. The van der Waals surface area contributed by atoms with Crippen LogP contribution in [0.4, 0.5) is 0 Å². The van der Waals surface area contributed by atoms with Gasteiger partial charge in [-0.3, -0.25) is 9.59 Å². The Morgan fingerprint density at radius 1 is 1.16 bits per heavy atom. The molecule has 0 bridgehead atoms. The van der Waals surface area contributed by atoms with Crippen molar-refractivity contribution in [1.29, 1.82) is 0 Å². The molecule has 1 aliphatic rings.